The van der Waals surface area contributed by atoms with Crippen LogP contribution < -0.4 is 19.9 Å². The summed E-state index contributed by atoms with van der Waals surface area (Å²) in [4.78, 5) is 8.22. The van der Waals surface area contributed by atoms with E-state index in [4.69, 9.17) is 24.7 Å². The van der Waals surface area contributed by atoms with Gasteiger partial charge < -0.3 is 24.7 Å². The maximum absolute atomic E-state index is 14.8. The smallest absolute Gasteiger partial charge is 0.220 e. The van der Waals surface area contributed by atoms with E-state index in [2.05, 4.69) is 15.1 Å². The fourth-order valence-corrected chi connectivity index (χ4v) is 3.68. The zero-order chi connectivity index (χ0) is 26.4. The van der Waals surface area contributed by atoms with Crippen molar-refractivity contribution in [1.82, 2.24) is 19.7 Å². The minimum absolute atomic E-state index is 0.00107. The van der Waals surface area contributed by atoms with Gasteiger partial charge in [0.25, 0.3) is 0 Å². The first-order valence-electron chi connectivity index (χ1n) is 11.4. The Kier molecular flexibility index (Phi) is 8.14. The topological polar surface area (TPSA) is 107 Å². The van der Waals surface area contributed by atoms with Crippen LogP contribution in [0, 0.1) is 11.6 Å². The van der Waals surface area contributed by atoms with Gasteiger partial charge in [-0.1, -0.05) is 30.3 Å². The van der Waals surface area contributed by atoms with E-state index in [0.29, 0.717) is 25.3 Å². The Morgan fingerprint density at radius 2 is 1.65 bits per heavy atom. The highest BCUT2D eigenvalue weighted by Crippen LogP contribution is 2.33. The van der Waals surface area contributed by atoms with Crippen molar-refractivity contribution >= 4 is 5.95 Å². The molecule has 9 nitrogen and oxygen atoms in total. The first-order chi connectivity index (χ1) is 17.9. The Hall–Kier alpha value is -4.25. The molecule has 4 aromatic rings. The van der Waals surface area contributed by atoms with Crippen LogP contribution in [0.3, 0.4) is 0 Å². The summed E-state index contributed by atoms with van der Waals surface area (Å²) in [5.74, 6) is -1.98. The van der Waals surface area contributed by atoms with Crippen molar-refractivity contribution in [2.75, 3.05) is 26.6 Å². The Bertz CT molecular complexity index is 1340. The van der Waals surface area contributed by atoms with Gasteiger partial charge in [0, 0.05) is 25.2 Å². The fraction of sp³-hybridized carbons (Fsp3) is 0.269. The highest BCUT2D eigenvalue weighted by atomic mass is 19.1. The number of rotatable bonds is 11. The van der Waals surface area contributed by atoms with Gasteiger partial charge in [0.05, 0.1) is 39.2 Å². The van der Waals surface area contributed by atoms with Gasteiger partial charge in [-0.3, -0.25) is 4.68 Å². The monoisotopic (exact) mass is 511 g/mol. The zero-order valence-corrected chi connectivity index (χ0v) is 20.7. The van der Waals surface area contributed by atoms with Crippen LogP contribution >= 0.6 is 0 Å². The van der Waals surface area contributed by atoms with E-state index in [0.717, 1.165) is 17.3 Å². The number of benzene rings is 2. The normalized spacial score (nSPS) is 10.9. The molecule has 0 saturated heterocycles. The molecule has 0 amide bonds. The van der Waals surface area contributed by atoms with E-state index in [1.165, 1.54) is 20.4 Å². The number of nitrogens with two attached hydrogens (primary N) is 1. The van der Waals surface area contributed by atoms with Crippen molar-refractivity contribution in [3.05, 3.63) is 77.1 Å². The molecular weight excluding hydrogens is 484 g/mol. The number of hydrogen-bond acceptors (Lipinski definition) is 8. The van der Waals surface area contributed by atoms with Crippen LogP contribution in [-0.2, 0) is 31.4 Å². The molecule has 11 heteroatoms. The molecule has 0 aliphatic heterocycles. The molecule has 2 aromatic carbocycles. The van der Waals surface area contributed by atoms with E-state index in [1.807, 2.05) is 36.4 Å². The predicted octanol–water partition coefficient (Wildman–Crippen LogP) is 4.09. The number of nitrogens with zero attached hydrogens (tertiary/aromatic N) is 4. The molecule has 0 aliphatic rings. The number of anilines is 1. The molecule has 0 aliphatic carbocycles. The predicted molar refractivity (Wildman–Crippen MR) is 132 cm³/mol. The molecule has 0 bridgehead atoms. The Balaban J connectivity index is 1.51. The second-order valence-corrected chi connectivity index (χ2v) is 8.05. The highest BCUT2D eigenvalue weighted by Gasteiger charge is 2.22. The van der Waals surface area contributed by atoms with Gasteiger partial charge in [-0.15, -0.1) is 0 Å². The molecule has 2 N–H and O–H groups in total. The molecule has 0 radical (unpaired) electrons. The molecule has 0 spiro atoms. The minimum atomic E-state index is -0.894. The molecule has 0 fully saturated rings. The van der Waals surface area contributed by atoms with Crippen molar-refractivity contribution in [2.45, 2.75) is 19.6 Å². The number of methoxy groups -OCH3 is 2. The average Bonchev–Trinajstić information content (AvgIpc) is 3.28. The molecule has 0 atom stereocenters. The first-order valence-corrected chi connectivity index (χ1v) is 11.4. The van der Waals surface area contributed by atoms with Gasteiger partial charge >= 0.3 is 0 Å². The lowest BCUT2D eigenvalue weighted by atomic mass is 10.1. The highest BCUT2D eigenvalue weighted by molar-refractivity contribution is 5.63. The fourth-order valence-electron chi connectivity index (χ4n) is 3.68. The summed E-state index contributed by atoms with van der Waals surface area (Å²) in [6.07, 6.45) is 1.94. The van der Waals surface area contributed by atoms with Crippen LogP contribution in [0.2, 0.25) is 0 Å². The van der Waals surface area contributed by atoms with Gasteiger partial charge in [0.2, 0.25) is 5.95 Å². The van der Waals surface area contributed by atoms with E-state index in [9.17, 15) is 8.78 Å². The van der Waals surface area contributed by atoms with Gasteiger partial charge in [0.1, 0.15) is 18.0 Å². The lowest BCUT2D eigenvalue weighted by molar-refractivity contribution is 0.122. The molecule has 0 saturated carbocycles. The van der Waals surface area contributed by atoms with Gasteiger partial charge in [-0.2, -0.15) is 5.10 Å². The van der Waals surface area contributed by atoms with E-state index < -0.39 is 18.2 Å². The molecule has 2 aromatic heterocycles. The summed E-state index contributed by atoms with van der Waals surface area (Å²) in [7, 11) is 4.35. The largest absolute Gasteiger partial charge is 0.494 e. The number of hydrogen-bond donors (Lipinski definition) is 1. The minimum Gasteiger partial charge on any atom is -0.494 e. The van der Waals surface area contributed by atoms with Crippen molar-refractivity contribution in [1.29, 1.82) is 0 Å². The molecule has 4 rings (SSSR count). The van der Waals surface area contributed by atoms with Gasteiger partial charge in [-0.25, -0.2) is 18.7 Å². The standard InChI is InChI=1S/C26H27F2N5O4/c1-33-17(9-10-36-14-16-7-5-4-6-8-16)11-19(32-33)25-22(13-30-26(29)31-25)37-15-18-23(27)20(34-2)12-21(35-3)24(18)28/h4-8,11-13H,9-10,14-15H2,1-3H3,(H2,29,30,31). The van der Waals surface area contributed by atoms with Gasteiger partial charge in [-0.05, 0) is 11.6 Å². The Morgan fingerprint density at radius 1 is 0.946 bits per heavy atom. The SMILES string of the molecule is COc1cc(OC)c(F)c(COc2cnc(N)nc2-c2cc(CCOCc3ccccc3)n(C)n2)c1F. The Labute approximate surface area is 212 Å². The lowest BCUT2D eigenvalue weighted by Crippen LogP contribution is -2.08. The molecular formula is C26H27F2N5O4. The van der Waals surface area contributed by atoms with Crippen molar-refractivity contribution in [3.8, 4) is 28.6 Å². The Morgan fingerprint density at radius 3 is 2.32 bits per heavy atom. The van der Waals surface area contributed by atoms with E-state index in [-0.39, 0.29) is 34.5 Å². The van der Waals surface area contributed by atoms with E-state index in [1.54, 1.807) is 11.7 Å². The number of aromatic nitrogens is 4. The second-order valence-electron chi connectivity index (χ2n) is 8.05. The summed E-state index contributed by atoms with van der Waals surface area (Å²) < 4.78 is 52.7. The molecule has 0 unspecified atom stereocenters. The van der Waals surface area contributed by atoms with Crippen molar-refractivity contribution < 1.29 is 27.7 Å². The van der Waals surface area contributed by atoms with Gasteiger partial charge in [0.15, 0.2) is 28.9 Å². The maximum atomic E-state index is 14.8. The number of aryl methyl sites for hydroxylation is 1. The van der Waals surface area contributed by atoms with Crippen LogP contribution in [0.5, 0.6) is 17.2 Å². The average molecular weight is 512 g/mol. The first kappa shape index (κ1) is 25.8. The van der Waals surface area contributed by atoms with E-state index >= 15 is 0 Å². The second kappa shape index (κ2) is 11.7. The number of halogens is 2. The van der Waals surface area contributed by atoms with Crippen LogP contribution in [0.4, 0.5) is 14.7 Å². The van der Waals surface area contributed by atoms with Crippen LogP contribution in [0.25, 0.3) is 11.4 Å². The van der Waals surface area contributed by atoms with Crippen LogP contribution in [0.15, 0.2) is 48.7 Å². The quantitative estimate of drug-likeness (QED) is 0.300. The number of nitrogen functional groups attached to an aromatic ring is 1. The molecule has 37 heavy (non-hydrogen) atoms. The zero-order valence-electron chi connectivity index (χ0n) is 20.7. The summed E-state index contributed by atoms with van der Waals surface area (Å²) in [6, 6.07) is 12.9. The number of ether oxygens (including phenoxy) is 4. The summed E-state index contributed by atoms with van der Waals surface area (Å²) in [5.41, 5.74) is 8.18. The third-order valence-electron chi connectivity index (χ3n) is 5.64. The summed E-state index contributed by atoms with van der Waals surface area (Å²) >= 11 is 0. The van der Waals surface area contributed by atoms with Crippen molar-refractivity contribution in [2.24, 2.45) is 7.05 Å². The summed E-state index contributed by atoms with van der Waals surface area (Å²) in [6.45, 7) is 0.520. The van der Waals surface area contributed by atoms with Crippen LogP contribution in [0.1, 0.15) is 16.8 Å². The van der Waals surface area contributed by atoms with Crippen molar-refractivity contribution in [3.63, 3.8) is 0 Å². The summed E-state index contributed by atoms with van der Waals surface area (Å²) in [5, 5.41) is 4.51. The maximum Gasteiger partial charge on any atom is 0.220 e. The van der Waals surface area contributed by atoms with Crippen LogP contribution in [-0.4, -0.2) is 40.6 Å². The molecule has 194 valence electrons. The lowest BCUT2D eigenvalue weighted by Gasteiger charge is -2.14. The molecule has 2 heterocycles. The third-order valence-corrected chi connectivity index (χ3v) is 5.64. The third kappa shape index (κ3) is 5.95.